The molecule has 0 spiro atoms. The van der Waals surface area contributed by atoms with Crippen LogP contribution in [-0.4, -0.2) is 22.3 Å². The van der Waals surface area contributed by atoms with Crippen LogP contribution in [0.3, 0.4) is 0 Å². The summed E-state index contributed by atoms with van der Waals surface area (Å²) in [5.74, 6) is -0.337. The fourth-order valence-electron chi connectivity index (χ4n) is 3.12. The highest BCUT2D eigenvalue weighted by Gasteiger charge is 2.10. The Morgan fingerprint density at radius 2 is 1.60 bits per heavy atom. The van der Waals surface area contributed by atoms with Crippen LogP contribution >= 0.6 is 0 Å². The lowest BCUT2D eigenvalue weighted by atomic mass is 10.0. The van der Waals surface area contributed by atoms with Crippen molar-refractivity contribution in [2.24, 2.45) is 5.10 Å². The summed E-state index contributed by atoms with van der Waals surface area (Å²) in [7, 11) is 0. The van der Waals surface area contributed by atoms with E-state index in [9.17, 15) is 4.79 Å². The molecule has 3 aromatic carbocycles. The number of amides is 1. The minimum atomic E-state index is -0.337. The number of benzene rings is 3. The quantitative estimate of drug-likeness (QED) is 0.354. The fourth-order valence-corrected chi connectivity index (χ4v) is 3.12. The lowest BCUT2D eigenvalue weighted by molar-refractivity contribution is 0.0950. The Balaban J connectivity index is 1.40. The average molecular weight is 394 g/mol. The highest BCUT2D eigenvalue weighted by atomic mass is 16.2. The average Bonchev–Trinajstić information content (AvgIpc) is 3.31. The van der Waals surface area contributed by atoms with Crippen molar-refractivity contribution in [1.82, 2.24) is 15.6 Å². The predicted octanol–water partition coefficient (Wildman–Crippen LogP) is 5.07. The number of H-pyrrole nitrogens is 1. The van der Waals surface area contributed by atoms with Crippen LogP contribution in [0, 0.1) is 0 Å². The van der Waals surface area contributed by atoms with Gasteiger partial charge in [0.1, 0.15) is 5.69 Å². The molecule has 0 radical (unpaired) electrons. The van der Waals surface area contributed by atoms with Gasteiger partial charge in [-0.05, 0) is 34.7 Å². The molecule has 0 atom stereocenters. The van der Waals surface area contributed by atoms with Crippen molar-refractivity contribution in [2.75, 3.05) is 0 Å². The van der Waals surface area contributed by atoms with Crippen molar-refractivity contribution in [3.8, 4) is 22.4 Å². The Morgan fingerprint density at radius 3 is 2.30 bits per heavy atom. The van der Waals surface area contributed by atoms with Crippen LogP contribution in [0.2, 0.25) is 0 Å². The van der Waals surface area contributed by atoms with E-state index in [-0.39, 0.29) is 5.91 Å². The molecule has 148 valence electrons. The molecule has 4 rings (SSSR count). The first-order valence-electron chi connectivity index (χ1n) is 9.86. The smallest absolute Gasteiger partial charge is 0.272 e. The minimum absolute atomic E-state index is 0.337. The van der Waals surface area contributed by atoms with Gasteiger partial charge in [-0.2, -0.15) is 10.2 Å². The van der Waals surface area contributed by atoms with Crippen molar-refractivity contribution < 1.29 is 4.79 Å². The topological polar surface area (TPSA) is 70.1 Å². The van der Waals surface area contributed by atoms with E-state index in [0.717, 1.165) is 28.7 Å². The first-order chi connectivity index (χ1) is 14.7. The number of hydrogen-bond acceptors (Lipinski definition) is 3. The number of nitrogens with zero attached hydrogens (tertiary/aromatic N) is 2. The molecule has 0 aliphatic heterocycles. The zero-order valence-corrected chi connectivity index (χ0v) is 16.7. The molecule has 0 saturated heterocycles. The van der Waals surface area contributed by atoms with E-state index in [1.165, 1.54) is 5.56 Å². The van der Waals surface area contributed by atoms with E-state index in [4.69, 9.17) is 0 Å². The lowest BCUT2D eigenvalue weighted by Crippen LogP contribution is -2.17. The fraction of sp³-hybridized carbons (Fsp3) is 0.0800. The van der Waals surface area contributed by atoms with Crippen LogP contribution in [0.4, 0.5) is 0 Å². The molecule has 1 heterocycles. The second-order valence-corrected chi connectivity index (χ2v) is 6.90. The molecule has 0 fully saturated rings. The number of hydrogen-bond donors (Lipinski definition) is 2. The number of carbonyl (C=O) groups excluding carboxylic acids is 1. The molecule has 0 aliphatic carbocycles. The van der Waals surface area contributed by atoms with Gasteiger partial charge in [0, 0.05) is 5.56 Å². The minimum Gasteiger partial charge on any atom is -0.272 e. The maximum absolute atomic E-state index is 12.3. The van der Waals surface area contributed by atoms with Gasteiger partial charge in [-0.1, -0.05) is 85.8 Å². The molecule has 30 heavy (non-hydrogen) atoms. The number of hydrazone groups is 1. The first-order valence-corrected chi connectivity index (χ1v) is 9.86. The van der Waals surface area contributed by atoms with Crippen molar-refractivity contribution in [3.05, 3.63) is 102 Å². The summed E-state index contributed by atoms with van der Waals surface area (Å²) in [6.07, 6.45) is 2.61. The number of carbonyl (C=O) groups is 1. The molecule has 4 aromatic rings. The van der Waals surface area contributed by atoms with Gasteiger partial charge in [-0.3, -0.25) is 9.89 Å². The predicted molar refractivity (Wildman–Crippen MR) is 120 cm³/mol. The van der Waals surface area contributed by atoms with Gasteiger partial charge in [0.05, 0.1) is 11.9 Å². The number of aromatic nitrogens is 2. The van der Waals surface area contributed by atoms with Crippen molar-refractivity contribution in [2.45, 2.75) is 13.3 Å². The third kappa shape index (κ3) is 4.52. The van der Waals surface area contributed by atoms with Crippen LogP contribution in [0.25, 0.3) is 22.4 Å². The monoisotopic (exact) mass is 394 g/mol. The zero-order chi connectivity index (χ0) is 20.8. The summed E-state index contributed by atoms with van der Waals surface area (Å²) in [6, 6.07) is 28.0. The molecule has 0 unspecified atom stereocenters. The third-order valence-electron chi connectivity index (χ3n) is 4.88. The van der Waals surface area contributed by atoms with Gasteiger partial charge < -0.3 is 0 Å². The summed E-state index contributed by atoms with van der Waals surface area (Å²) in [4.78, 5) is 12.3. The molecular formula is C25H22N4O. The largest absolute Gasteiger partial charge is 0.289 e. The van der Waals surface area contributed by atoms with Gasteiger partial charge in [0.15, 0.2) is 0 Å². The Kier molecular flexibility index (Phi) is 5.80. The molecule has 5 nitrogen and oxygen atoms in total. The van der Waals surface area contributed by atoms with E-state index < -0.39 is 0 Å². The number of aromatic amines is 1. The number of aryl methyl sites for hydroxylation is 1. The van der Waals surface area contributed by atoms with Gasteiger partial charge in [0.2, 0.25) is 0 Å². The zero-order valence-electron chi connectivity index (χ0n) is 16.7. The molecule has 1 amide bonds. The van der Waals surface area contributed by atoms with Crippen LogP contribution in [0.5, 0.6) is 0 Å². The van der Waals surface area contributed by atoms with Crippen LogP contribution in [-0.2, 0) is 6.42 Å². The second-order valence-electron chi connectivity index (χ2n) is 6.90. The number of nitrogens with one attached hydrogen (secondary N) is 2. The van der Waals surface area contributed by atoms with E-state index in [0.29, 0.717) is 11.4 Å². The molecule has 0 aliphatic rings. The summed E-state index contributed by atoms with van der Waals surface area (Å²) >= 11 is 0. The first kappa shape index (κ1) is 19.3. The Labute approximate surface area is 175 Å². The van der Waals surface area contributed by atoms with Crippen molar-refractivity contribution in [3.63, 3.8) is 0 Å². The molecule has 0 saturated carbocycles. The standard InChI is InChI=1S/C25H22N4O/c1-2-18-8-10-19(11-9-18)17-26-29-25(30)24-16-23(27-28-24)22-14-12-21(13-15-22)20-6-4-3-5-7-20/h3-17H,2H2,1H3,(H,27,28)(H,29,30)/b26-17-. The van der Waals surface area contributed by atoms with E-state index in [1.807, 2.05) is 66.7 Å². The van der Waals surface area contributed by atoms with Gasteiger partial charge in [-0.15, -0.1) is 0 Å². The normalized spacial score (nSPS) is 11.0. The van der Waals surface area contributed by atoms with Gasteiger partial charge in [-0.25, -0.2) is 5.43 Å². The highest BCUT2D eigenvalue weighted by Crippen LogP contribution is 2.24. The Hall–Kier alpha value is -3.99. The van der Waals surface area contributed by atoms with E-state index >= 15 is 0 Å². The van der Waals surface area contributed by atoms with Crippen LogP contribution < -0.4 is 5.43 Å². The summed E-state index contributed by atoms with van der Waals surface area (Å²) in [5, 5.41) is 11.1. The van der Waals surface area contributed by atoms with Gasteiger partial charge >= 0.3 is 0 Å². The summed E-state index contributed by atoms with van der Waals surface area (Å²) < 4.78 is 0. The van der Waals surface area contributed by atoms with Gasteiger partial charge in [0.25, 0.3) is 5.91 Å². The maximum atomic E-state index is 12.3. The van der Waals surface area contributed by atoms with Crippen molar-refractivity contribution in [1.29, 1.82) is 0 Å². The van der Waals surface area contributed by atoms with Crippen molar-refractivity contribution >= 4 is 12.1 Å². The molecule has 1 aromatic heterocycles. The molecule has 0 bridgehead atoms. The van der Waals surface area contributed by atoms with E-state index in [1.54, 1.807) is 12.3 Å². The van der Waals surface area contributed by atoms with E-state index in [2.05, 4.69) is 39.8 Å². The Bertz CT molecular complexity index is 1140. The molecular weight excluding hydrogens is 372 g/mol. The Morgan fingerprint density at radius 1 is 0.933 bits per heavy atom. The van der Waals surface area contributed by atoms with Crippen LogP contribution in [0.15, 0.2) is 90.0 Å². The highest BCUT2D eigenvalue weighted by molar-refractivity contribution is 5.94. The summed E-state index contributed by atoms with van der Waals surface area (Å²) in [5.41, 5.74) is 9.01. The third-order valence-corrected chi connectivity index (χ3v) is 4.88. The van der Waals surface area contributed by atoms with Crippen LogP contribution in [0.1, 0.15) is 28.5 Å². The lowest BCUT2D eigenvalue weighted by Gasteiger charge is -2.02. The number of rotatable bonds is 6. The SMILES string of the molecule is CCc1ccc(/C=N\NC(=O)c2cc(-c3ccc(-c4ccccc4)cc3)n[nH]2)cc1. The maximum Gasteiger partial charge on any atom is 0.289 e. The second kappa shape index (κ2) is 9.01. The molecule has 5 heteroatoms. The summed E-state index contributed by atoms with van der Waals surface area (Å²) in [6.45, 7) is 2.11. The molecule has 2 N–H and O–H groups in total.